The fraction of sp³-hybridized carbons (Fsp3) is 0.385. The molecule has 2 heterocycles. The van der Waals surface area contributed by atoms with E-state index in [2.05, 4.69) is 15.2 Å². The Morgan fingerprint density at radius 2 is 2.32 bits per heavy atom. The van der Waals surface area contributed by atoms with E-state index in [1.165, 1.54) is 11.9 Å². The van der Waals surface area contributed by atoms with Gasteiger partial charge < -0.3 is 4.74 Å². The van der Waals surface area contributed by atoms with Gasteiger partial charge in [0, 0.05) is 15.8 Å². The van der Waals surface area contributed by atoms with Gasteiger partial charge in [-0.3, -0.25) is 5.10 Å². The van der Waals surface area contributed by atoms with Crippen molar-refractivity contribution in [3.05, 3.63) is 34.1 Å². The molecule has 0 radical (unpaired) electrons. The van der Waals surface area contributed by atoms with Crippen LogP contribution in [-0.2, 0) is 0 Å². The van der Waals surface area contributed by atoms with Crippen LogP contribution in [-0.4, -0.2) is 21.8 Å². The third-order valence-corrected chi connectivity index (χ3v) is 4.87. The van der Waals surface area contributed by atoms with Gasteiger partial charge in [0.1, 0.15) is 12.1 Å². The first-order valence-corrected chi connectivity index (χ1v) is 7.37. The molecule has 1 aromatic carbocycles. The minimum atomic E-state index is 0.300. The Bertz CT molecular complexity index is 600. The average Bonchev–Trinajstić information content (AvgIpc) is 2.89. The summed E-state index contributed by atoms with van der Waals surface area (Å²) in [6.45, 7) is 4.80. The van der Waals surface area contributed by atoms with E-state index in [1.807, 2.05) is 19.9 Å². The third-order valence-electron chi connectivity index (χ3n) is 3.30. The molecule has 1 aromatic heterocycles. The molecule has 1 aliphatic heterocycles. The van der Waals surface area contributed by atoms with E-state index in [4.69, 9.17) is 16.3 Å². The number of thioether (sulfide) groups is 1. The quantitative estimate of drug-likeness (QED) is 0.918. The van der Waals surface area contributed by atoms with Crippen molar-refractivity contribution in [2.75, 3.05) is 6.61 Å². The summed E-state index contributed by atoms with van der Waals surface area (Å²) in [5.74, 6) is 0.977. The van der Waals surface area contributed by atoms with Gasteiger partial charge in [0.2, 0.25) is 0 Å². The molecule has 0 spiro atoms. The maximum atomic E-state index is 6.30. The Kier molecular flexibility index (Phi) is 3.41. The molecule has 0 saturated carbocycles. The summed E-state index contributed by atoms with van der Waals surface area (Å²) in [5.41, 5.74) is 3.38. The number of halogens is 1. The number of H-pyrrole nitrogens is 1. The number of hydrogen-bond donors (Lipinski definition) is 1. The maximum absolute atomic E-state index is 6.30. The first-order chi connectivity index (χ1) is 9.16. The number of aryl methyl sites for hydroxylation is 1. The summed E-state index contributed by atoms with van der Waals surface area (Å²) in [6.07, 6.45) is 2.47. The number of fused-ring (bicyclic) bond motifs is 1. The van der Waals surface area contributed by atoms with Gasteiger partial charge in [-0.1, -0.05) is 23.4 Å². The number of nitrogens with one attached hydrogen (secondary N) is 1. The van der Waals surface area contributed by atoms with Gasteiger partial charge in [-0.05, 0) is 37.5 Å². The summed E-state index contributed by atoms with van der Waals surface area (Å²) in [7, 11) is 0. The van der Waals surface area contributed by atoms with Crippen LogP contribution in [0, 0.1) is 13.8 Å². The average molecular weight is 296 g/mol. The summed E-state index contributed by atoms with van der Waals surface area (Å²) in [4.78, 5) is 4.18. The molecule has 1 aliphatic rings. The third kappa shape index (κ3) is 2.32. The van der Waals surface area contributed by atoms with Gasteiger partial charge in [0.15, 0.2) is 5.16 Å². The second-order valence-electron chi connectivity index (χ2n) is 4.58. The van der Waals surface area contributed by atoms with Crippen molar-refractivity contribution in [3.8, 4) is 5.75 Å². The van der Waals surface area contributed by atoms with Gasteiger partial charge in [-0.15, -0.1) is 0 Å². The minimum Gasteiger partial charge on any atom is -0.493 e. The molecule has 4 nitrogen and oxygen atoms in total. The fourth-order valence-electron chi connectivity index (χ4n) is 2.37. The van der Waals surface area contributed by atoms with Gasteiger partial charge >= 0.3 is 0 Å². The highest BCUT2D eigenvalue weighted by Gasteiger charge is 2.27. The normalized spacial score (nSPS) is 17.9. The number of hydrogen-bond acceptors (Lipinski definition) is 4. The molecule has 1 atom stereocenters. The van der Waals surface area contributed by atoms with Crippen LogP contribution < -0.4 is 4.74 Å². The maximum Gasteiger partial charge on any atom is 0.183 e. The number of ether oxygens (including phenoxy) is 1. The van der Waals surface area contributed by atoms with E-state index in [0.717, 1.165) is 40.1 Å². The molecule has 100 valence electrons. The molecule has 1 N–H and O–H groups in total. The van der Waals surface area contributed by atoms with Crippen LogP contribution in [0.2, 0.25) is 5.02 Å². The van der Waals surface area contributed by atoms with Crippen LogP contribution in [0.1, 0.15) is 28.4 Å². The molecule has 2 aromatic rings. The molecule has 0 saturated heterocycles. The standard InChI is InChI=1S/C13H14ClN3OS/c1-7-5-9(14)8(2)11-10(3-4-18-12(7)11)19-13-15-6-16-17-13/h5-6,10H,3-4H2,1-2H3,(H,15,16,17). The lowest BCUT2D eigenvalue weighted by Gasteiger charge is -2.28. The number of aromatic nitrogens is 3. The summed E-state index contributed by atoms with van der Waals surface area (Å²) >= 11 is 7.98. The van der Waals surface area contributed by atoms with Crippen LogP contribution in [0.4, 0.5) is 0 Å². The second kappa shape index (κ2) is 5.06. The first-order valence-electron chi connectivity index (χ1n) is 6.11. The number of rotatable bonds is 2. The smallest absolute Gasteiger partial charge is 0.183 e. The molecule has 0 fully saturated rings. The Balaban J connectivity index is 2.03. The van der Waals surface area contributed by atoms with Crippen LogP contribution in [0.3, 0.4) is 0 Å². The van der Waals surface area contributed by atoms with E-state index < -0.39 is 0 Å². The van der Waals surface area contributed by atoms with Crippen LogP contribution >= 0.6 is 23.4 Å². The first kappa shape index (κ1) is 12.8. The van der Waals surface area contributed by atoms with Crippen molar-refractivity contribution < 1.29 is 4.74 Å². The van der Waals surface area contributed by atoms with E-state index in [-0.39, 0.29) is 0 Å². The zero-order valence-electron chi connectivity index (χ0n) is 10.7. The van der Waals surface area contributed by atoms with Crippen molar-refractivity contribution in [2.45, 2.75) is 30.7 Å². The number of aromatic amines is 1. The van der Waals surface area contributed by atoms with Crippen molar-refractivity contribution in [2.24, 2.45) is 0 Å². The predicted molar refractivity (Wildman–Crippen MR) is 76.0 cm³/mol. The zero-order valence-corrected chi connectivity index (χ0v) is 12.3. The van der Waals surface area contributed by atoms with Crippen LogP contribution in [0.5, 0.6) is 5.75 Å². The molecule has 1 unspecified atom stereocenters. The summed E-state index contributed by atoms with van der Waals surface area (Å²) < 4.78 is 5.82. The minimum absolute atomic E-state index is 0.300. The fourth-order valence-corrected chi connectivity index (χ4v) is 3.73. The Hall–Kier alpha value is -1.20. The van der Waals surface area contributed by atoms with Crippen molar-refractivity contribution in [1.29, 1.82) is 0 Å². The van der Waals surface area contributed by atoms with Gasteiger partial charge in [0.05, 0.1) is 6.61 Å². The monoisotopic (exact) mass is 295 g/mol. The summed E-state index contributed by atoms with van der Waals surface area (Å²) in [6, 6.07) is 1.97. The van der Waals surface area contributed by atoms with E-state index in [0.29, 0.717) is 5.25 Å². The lowest BCUT2D eigenvalue weighted by molar-refractivity contribution is 0.283. The lowest BCUT2D eigenvalue weighted by atomic mass is 9.97. The van der Waals surface area contributed by atoms with Gasteiger partial charge in [-0.25, -0.2) is 4.98 Å². The molecular weight excluding hydrogens is 282 g/mol. The van der Waals surface area contributed by atoms with Gasteiger partial charge in [-0.2, -0.15) is 5.10 Å². The molecule has 0 aliphatic carbocycles. The van der Waals surface area contributed by atoms with Gasteiger partial charge in [0.25, 0.3) is 0 Å². The van der Waals surface area contributed by atoms with E-state index >= 15 is 0 Å². The van der Waals surface area contributed by atoms with Crippen molar-refractivity contribution >= 4 is 23.4 Å². The molecular formula is C13H14ClN3OS. The molecule has 6 heteroatoms. The highest BCUT2D eigenvalue weighted by Crippen LogP contribution is 2.47. The van der Waals surface area contributed by atoms with Crippen molar-refractivity contribution in [3.63, 3.8) is 0 Å². The van der Waals surface area contributed by atoms with Crippen LogP contribution in [0.15, 0.2) is 17.6 Å². The molecule has 0 bridgehead atoms. The SMILES string of the molecule is Cc1cc(Cl)c(C)c2c1OCCC2Sc1ncn[nH]1. The lowest BCUT2D eigenvalue weighted by Crippen LogP contribution is -2.15. The van der Waals surface area contributed by atoms with Crippen molar-refractivity contribution in [1.82, 2.24) is 15.2 Å². The predicted octanol–water partition coefficient (Wildman–Crippen LogP) is 3.69. The number of nitrogens with zero attached hydrogens (tertiary/aromatic N) is 2. The highest BCUT2D eigenvalue weighted by molar-refractivity contribution is 7.99. The van der Waals surface area contributed by atoms with Crippen LogP contribution in [0.25, 0.3) is 0 Å². The molecule has 0 amide bonds. The summed E-state index contributed by atoms with van der Waals surface area (Å²) in [5, 5.41) is 8.70. The molecule has 19 heavy (non-hydrogen) atoms. The highest BCUT2D eigenvalue weighted by atomic mass is 35.5. The topological polar surface area (TPSA) is 50.8 Å². The van der Waals surface area contributed by atoms with E-state index in [1.54, 1.807) is 11.8 Å². The van der Waals surface area contributed by atoms with E-state index in [9.17, 15) is 0 Å². The Morgan fingerprint density at radius 3 is 3.05 bits per heavy atom. The number of benzene rings is 1. The Labute approximate surface area is 120 Å². The zero-order chi connectivity index (χ0) is 13.4. The largest absolute Gasteiger partial charge is 0.493 e. The second-order valence-corrected chi connectivity index (χ2v) is 6.18. The molecule has 3 rings (SSSR count). The Morgan fingerprint density at radius 1 is 1.47 bits per heavy atom.